The first-order chi connectivity index (χ1) is 8.49. The Labute approximate surface area is 116 Å². The van der Waals surface area contributed by atoms with Crippen molar-refractivity contribution in [3.63, 3.8) is 0 Å². The Balaban J connectivity index is 4.83. The van der Waals surface area contributed by atoms with Crippen molar-refractivity contribution in [3.05, 3.63) is 0 Å². The van der Waals surface area contributed by atoms with Crippen molar-refractivity contribution in [1.29, 1.82) is 0 Å². The fourth-order valence-corrected chi connectivity index (χ4v) is 2.05. The summed E-state index contributed by atoms with van der Waals surface area (Å²) in [5.41, 5.74) is 5.68. The zero-order valence-corrected chi connectivity index (χ0v) is 12.8. The quantitative estimate of drug-likeness (QED) is 0.653. The average molecular weight is 274 g/mol. The minimum atomic E-state index is -0.337. The van der Waals surface area contributed by atoms with Gasteiger partial charge in [0.15, 0.2) is 0 Å². The molecule has 0 bridgehead atoms. The Bertz CT molecular complexity index is 272. The van der Waals surface area contributed by atoms with Crippen LogP contribution in [0.5, 0.6) is 0 Å². The number of carbonyl (C=O) groups is 1. The third kappa shape index (κ3) is 5.31. The van der Waals surface area contributed by atoms with Gasteiger partial charge < -0.3 is 15.4 Å². The van der Waals surface area contributed by atoms with Gasteiger partial charge in [-0.3, -0.25) is 4.79 Å². The topological polar surface area (TPSA) is 55.6 Å². The Hall–Kier alpha value is -0.680. The van der Waals surface area contributed by atoms with E-state index in [1.165, 1.54) is 0 Å². The summed E-state index contributed by atoms with van der Waals surface area (Å²) < 4.78 is 5.06. The minimum absolute atomic E-state index is 0.0377. The fourth-order valence-electron chi connectivity index (χ4n) is 1.83. The van der Waals surface area contributed by atoms with Crippen molar-refractivity contribution in [2.24, 2.45) is 11.7 Å². The number of thiocarbonyl (C=S) groups is 1. The molecule has 2 N–H and O–H groups in total. The maximum absolute atomic E-state index is 12.5. The molecule has 0 saturated heterocycles. The number of nitrogens with two attached hydrogens (primary N) is 1. The van der Waals surface area contributed by atoms with Crippen LogP contribution in [-0.2, 0) is 9.53 Å². The maximum Gasteiger partial charge on any atom is 0.232 e. The van der Waals surface area contributed by atoms with Crippen molar-refractivity contribution in [1.82, 2.24) is 4.90 Å². The smallest absolute Gasteiger partial charge is 0.232 e. The van der Waals surface area contributed by atoms with Gasteiger partial charge in [0.05, 0.1) is 17.5 Å². The van der Waals surface area contributed by atoms with Crippen molar-refractivity contribution in [2.45, 2.75) is 46.1 Å². The van der Waals surface area contributed by atoms with Crippen LogP contribution in [0.1, 0.15) is 40.0 Å². The van der Waals surface area contributed by atoms with Gasteiger partial charge in [-0.1, -0.05) is 32.5 Å². The van der Waals surface area contributed by atoms with Gasteiger partial charge in [-0.15, -0.1) is 0 Å². The lowest BCUT2D eigenvalue weighted by Gasteiger charge is -2.31. The molecule has 0 aromatic carbocycles. The van der Waals surface area contributed by atoms with E-state index in [1.54, 1.807) is 7.11 Å². The lowest BCUT2D eigenvalue weighted by atomic mass is 10.0. The van der Waals surface area contributed by atoms with E-state index in [-0.39, 0.29) is 17.9 Å². The van der Waals surface area contributed by atoms with Crippen molar-refractivity contribution in [3.8, 4) is 0 Å². The molecule has 0 aliphatic heterocycles. The first-order valence-electron chi connectivity index (χ1n) is 6.58. The Morgan fingerprint density at radius 3 is 2.44 bits per heavy atom. The molecule has 0 heterocycles. The number of ether oxygens (including phenoxy) is 1. The van der Waals surface area contributed by atoms with Crippen LogP contribution in [0, 0.1) is 5.92 Å². The molecule has 0 aliphatic rings. The van der Waals surface area contributed by atoms with E-state index in [1.807, 2.05) is 18.7 Å². The van der Waals surface area contributed by atoms with E-state index in [0.717, 1.165) is 12.8 Å². The molecule has 0 fully saturated rings. The van der Waals surface area contributed by atoms with E-state index in [4.69, 9.17) is 22.7 Å². The highest BCUT2D eigenvalue weighted by Gasteiger charge is 2.28. The minimum Gasteiger partial charge on any atom is -0.393 e. The number of rotatable bonds is 9. The van der Waals surface area contributed by atoms with Gasteiger partial charge in [0.25, 0.3) is 0 Å². The van der Waals surface area contributed by atoms with Gasteiger partial charge in [-0.2, -0.15) is 0 Å². The molecule has 0 rings (SSSR count). The van der Waals surface area contributed by atoms with Crippen LogP contribution in [0.25, 0.3) is 0 Å². The normalized spacial score (nSPS) is 14.0. The van der Waals surface area contributed by atoms with E-state index in [9.17, 15) is 4.79 Å². The number of hydrogen-bond acceptors (Lipinski definition) is 3. The third-order valence-electron chi connectivity index (χ3n) is 3.16. The molecule has 0 radical (unpaired) electrons. The van der Waals surface area contributed by atoms with Gasteiger partial charge in [-0.05, 0) is 19.8 Å². The Kier molecular flexibility index (Phi) is 8.93. The highest BCUT2D eigenvalue weighted by atomic mass is 32.1. The number of hydrogen-bond donors (Lipinski definition) is 1. The van der Waals surface area contributed by atoms with E-state index >= 15 is 0 Å². The maximum atomic E-state index is 12.5. The van der Waals surface area contributed by atoms with Gasteiger partial charge in [0.2, 0.25) is 5.91 Å². The summed E-state index contributed by atoms with van der Waals surface area (Å²) in [4.78, 5) is 14.6. The van der Waals surface area contributed by atoms with Crippen LogP contribution in [0.3, 0.4) is 0 Å². The molecule has 0 aromatic rings. The van der Waals surface area contributed by atoms with E-state index in [2.05, 4.69) is 6.92 Å². The molecular formula is C13H26N2O2S. The van der Waals surface area contributed by atoms with Gasteiger partial charge in [-0.25, -0.2) is 0 Å². The molecule has 5 heteroatoms. The molecule has 0 aliphatic carbocycles. The highest BCUT2D eigenvalue weighted by molar-refractivity contribution is 7.80. The summed E-state index contributed by atoms with van der Waals surface area (Å²) in [6, 6.07) is 0.182. The molecule has 106 valence electrons. The number of carbonyl (C=O) groups excluding carboxylic acids is 1. The zero-order chi connectivity index (χ0) is 14.1. The summed E-state index contributed by atoms with van der Waals surface area (Å²) in [7, 11) is 1.64. The van der Waals surface area contributed by atoms with E-state index in [0.29, 0.717) is 24.6 Å². The second-order valence-electron chi connectivity index (χ2n) is 4.53. The summed E-state index contributed by atoms with van der Waals surface area (Å²) in [6.07, 6.45) is 2.52. The highest BCUT2D eigenvalue weighted by Crippen LogP contribution is 2.15. The molecule has 18 heavy (non-hydrogen) atoms. The van der Waals surface area contributed by atoms with Crippen molar-refractivity contribution in [2.75, 3.05) is 20.3 Å². The van der Waals surface area contributed by atoms with Crippen LogP contribution < -0.4 is 5.73 Å². The van der Waals surface area contributed by atoms with Crippen molar-refractivity contribution < 1.29 is 9.53 Å². The zero-order valence-electron chi connectivity index (χ0n) is 11.9. The standard InChI is InChI=1S/C13H26N2O2S/c1-5-7-11(12(14)18)13(16)15(8-9-17-4)10(3)6-2/h10-11H,5-9H2,1-4H3,(H2,14,18). The van der Waals surface area contributed by atoms with Crippen LogP contribution in [0.4, 0.5) is 0 Å². The van der Waals surface area contributed by atoms with Crippen LogP contribution in [0.2, 0.25) is 0 Å². The first kappa shape index (κ1) is 17.3. The Morgan fingerprint density at radius 2 is 2.06 bits per heavy atom. The molecule has 0 saturated carbocycles. The molecule has 0 aromatic heterocycles. The monoisotopic (exact) mass is 274 g/mol. The number of amides is 1. The molecule has 1 amide bonds. The van der Waals surface area contributed by atoms with Gasteiger partial charge >= 0.3 is 0 Å². The summed E-state index contributed by atoms with van der Waals surface area (Å²) >= 11 is 5.01. The second-order valence-corrected chi connectivity index (χ2v) is 5.00. The molecule has 2 unspecified atom stereocenters. The van der Waals surface area contributed by atoms with Crippen LogP contribution >= 0.6 is 12.2 Å². The summed E-state index contributed by atoms with van der Waals surface area (Å²) in [5.74, 6) is -0.299. The van der Waals surface area contributed by atoms with Crippen LogP contribution in [0.15, 0.2) is 0 Å². The van der Waals surface area contributed by atoms with Crippen molar-refractivity contribution >= 4 is 23.1 Å². The van der Waals surface area contributed by atoms with Gasteiger partial charge in [0.1, 0.15) is 0 Å². The largest absolute Gasteiger partial charge is 0.393 e. The fraction of sp³-hybridized carbons (Fsp3) is 0.846. The second kappa shape index (κ2) is 9.28. The molecule has 2 atom stereocenters. The molecular weight excluding hydrogens is 248 g/mol. The summed E-state index contributed by atoms with van der Waals surface area (Å²) in [6.45, 7) is 7.25. The first-order valence-corrected chi connectivity index (χ1v) is 6.99. The average Bonchev–Trinajstić information content (AvgIpc) is 2.35. The third-order valence-corrected chi connectivity index (χ3v) is 3.45. The predicted molar refractivity (Wildman–Crippen MR) is 78.5 cm³/mol. The Morgan fingerprint density at radius 1 is 1.44 bits per heavy atom. The molecule has 0 spiro atoms. The summed E-state index contributed by atoms with van der Waals surface area (Å²) in [5, 5.41) is 0. The van der Waals surface area contributed by atoms with Gasteiger partial charge in [0, 0.05) is 19.7 Å². The molecule has 4 nitrogen and oxygen atoms in total. The lowest BCUT2D eigenvalue weighted by molar-refractivity contribution is -0.136. The van der Waals surface area contributed by atoms with Crippen LogP contribution in [-0.4, -0.2) is 42.1 Å². The lowest BCUT2D eigenvalue weighted by Crippen LogP contribution is -2.46. The van der Waals surface area contributed by atoms with E-state index < -0.39 is 0 Å². The SMILES string of the molecule is CCCC(C(=O)N(CCOC)C(C)CC)C(N)=S. The number of methoxy groups -OCH3 is 1. The number of nitrogens with zero attached hydrogens (tertiary/aromatic N) is 1. The predicted octanol–water partition coefficient (Wildman–Crippen LogP) is 1.96.